The van der Waals surface area contributed by atoms with E-state index < -0.39 is 35.5 Å². The van der Waals surface area contributed by atoms with Crippen LogP contribution in [0, 0.1) is 0 Å². The van der Waals surface area contributed by atoms with Gasteiger partial charge in [0, 0.05) is 0 Å². The minimum absolute atomic E-state index is 0.0936. The number of ether oxygens (including phenoxy) is 5. The standard InChI is InChI=1S/C12H18O7/c1-10(2)16-6-5-15-12(9(13)14)8(7(6)17-10)18-11(3,4)19-12/h6-8H,5H2,1-4H3,(H,13,14)/t6-,7+,8+,12+/m0/s1. The summed E-state index contributed by atoms with van der Waals surface area (Å²) >= 11 is 0. The molecule has 0 aromatic carbocycles. The Hall–Kier alpha value is -0.730. The highest BCUT2D eigenvalue weighted by Gasteiger charge is 2.69. The van der Waals surface area contributed by atoms with Gasteiger partial charge in [0.1, 0.15) is 12.2 Å². The van der Waals surface area contributed by atoms with E-state index in [1.54, 1.807) is 27.7 Å². The average Bonchev–Trinajstić information content (AvgIpc) is 2.70. The Balaban J connectivity index is 1.96. The highest BCUT2D eigenvalue weighted by atomic mass is 16.9. The number of hydrogen-bond acceptors (Lipinski definition) is 6. The molecule has 0 aromatic heterocycles. The molecule has 0 amide bonds. The van der Waals surface area contributed by atoms with Crippen molar-refractivity contribution in [3.05, 3.63) is 0 Å². The second-order valence-corrected chi connectivity index (χ2v) is 5.96. The van der Waals surface area contributed by atoms with Crippen LogP contribution in [0.4, 0.5) is 0 Å². The number of fused-ring (bicyclic) bond motifs is 3. The lowest BCUT2D eigenvalue weighted by molar-refractivity contribution is -0.277. The lowest BCUT2D eigenvalue weighted by Gasteiger charge is -2.37. The minimum atomic E-state index is -1.82. The third kappa shape index (κ3) is 1.88. The van der Waals surface area contributed by atoms with Crippen molar-refractivity contribution in [3.63, 3.8) is 0 Å². The molecule has 0 saturated carbocycles. The van der Waals surface area contributed by atoms with Crippen LogP contribution in [-0.2, 0) is 28.5 Å². The first kappa shape index (κ1) is 13.3. The predicted octanol–water partition coefficient (Wildman–Crippen LogP) is 0.469. The molecule has 3 fully saturated rings. The number of rotatable bonds is 1. The first-order valence-electron chi connectivity index (χ1n) is 6.26. The third-order valence-electron chi connectivity index (χ3n) is 3.46. The van der Waals surface area contributed by atoms with E-state index >= 15 is 0 Å². The van der Waals surface area contributed by atoms with Crippen molar-refractivity contribution >= 4 is 5.97 Å². The third-order valence-corrected chi connectivity index (χ3v) is 3.46. The number of carboxylic acid groups (broad SMARTS) is 1. The summed E-state index contributed by atoms with van der Waals surface area (Å²) in [7, 11) is 0. The molecule has 3 aliphatic heterocycles. The van der Waals surface area contributed by atoms with Gasteiger partial charge in [0.25, 0.3) is 0 Å². The van der Waals surface area contributed by atoms with Crippen molar-refractivity contribution < 1.29 is 33.6 Å². The van der Waals surface area contributed by atoms with Crippen LogP contribution < -0.4 is 0 Å². The summed E-state index contributed by atoms with van der Waals surface area (Å²) in [5, 5.41) is 9.46. The SMILES string of the molecule is CC1(C)O[C@@H]2[C@H](CO[C@@]3(C(=O)O)OC(C)(C)O[C@H]23)O1. The van der Waals surface area contributed by atoms with Crippen LogP contribution in [0.2, 0.25) is 0 Å². The molecule has 3 saturated heterocycles. The molecule has 0 aliphatic carbocycles. The summed E-state index contributed by atoms with van der Waals surface area (Å²) in [6, 6.07) is 0. The largest absolute Gasteiger partial charge is 0.477 e. The van der Waals surface area contributed by atoms with Gasteiger partial charge in [0.15, 0.2) is 17.7 Å². The Kier molecular flexibility index (Phi) is 2.57. The molecule has 3 rings (SSSR count). The van der Waals surface area contributed by atoms with E-state index in [0.29, 0.717) is 0 Å². The molecule has 4 atom stereocenters. The first-order valence-corrected chi connectivity index (χ1v) is 6.26. The molecule has 0 bridgehead atoms. The molecule has 19 heavy (non-hydrogen) atoms. The van der Waals surface area contributed by atoms with Crippen molar-refractivity contribution in [1.29, 1.82) is 0 Å². The quantitative estimate of drug-likeness (QED) is 0.744. The molecule has 108 valence electrons. The highest BCUT2D eigenvalue weighted by Crippen LogP contribution is 2.47. The van der Waals surface area contributed by atoms with Crippen molar-refractivity contribution in [1.82, 2.24) is 0 Å². The van der Waals surface area contributed by atoms with Crippen LogP contribution in [0.25, 0.3) is 0 Å². The van der Waals surface area contributed by atoms with Crippen LogP contribution in [0.1, 0.15) is 27.7 Å². The zero-order chi connectivity index (χ0) is 14.1. The van der Waals surface area contributed by atoms with Crippen molar-refractivity contribution in [2.24, 2.45) is 0 Å². The smallest absolute Gasteiger partial charge is 0.367 e. The van der Waals surface area contributed by atoms with Crippen LogP contribution in [0.15, 0.2) is 0 Å². The Labute approximate surface area is 110 Å². The van der Waals surface area contributed by atoms with Gasteiger partial charge in [-0.3, -0.25) is 0 Å². The number of hydrogen-bond donors (Lipinski definition) is 1. The predicted molar refractivity (Wildman–Crippen MR) is 60.2 cm³/mol. The van der Waals surface area contributed by atoms with Gasteiger partial charge in [-0.2, -0.15) is 0 Å². The van der Waals surface area contributed by atoms with Gasteiger partial charge < -0.3 is 28.8 Å². The lowest BCUT2D eigenvalue weighted by atomic mass is 9.97. The number of carboxylic acids is 1. The van der Waals surface area contributed by atoms with Crippen molar-refractivity contribution in [2.45, 2.75) is 63.4 Å². The summed E-state index contributed by atoms with van der Waals surface area (Å²) in [4.78, 5) is 11.6. The van der Waals surface area contributed by atoms with Gasteiger partial charge in [-0.1, -0.05) is 0 Å². The summed E-state index contributed by atoms with van der Waals surface area (Å²) < 4.78 is 28.1. The van der Waals surface area contributed by atoms with E-state index in [-0.39, 0.29) is 12.7 Å². The molecule has 0 radical (unpaired) electrons. The van der Waals surface area contributed by atoms with E-state index in [1.165, 1.54) is 0 Å². The summed E-state index contributed by atoms with van der Waals surface area (Å²) in [5.74, 6) is -4.87. The van der Waals surface area contributed by atoms with Crippen LogP contribution in [-0.4, -0.2) is 53.4 Å². The molecule has 3 heterocycles. The fourth-order valence-corrected chi connectivity index (χ4v) is 2.91. The molecule has 0 aromatic rings. The summed E-state index contributed by atoms with van der Waals surface area (Å²) in [6.07, 6.45) is -1.74. The summed E-state index contributed by atoms with van der Waals surface area (Å²) in [6.45, 7) is 6.93. The van der Waals surface area contributed by atoms with Crippen LogP contribution in [0.3, 0.4) is 0 Å². The highest BCUT2D eigenvalue weighted by molar-refractivity contribution is 5.77. The molecule has 7 nitrogen and oxygen atoms in total. The zero-order valence-corrected chi connectivity index (χ0v) is 11.3. The van der Waals surface area contributed by atoms with Gasteiger partial charge >= 0.3 is 11.8 Å². The Morgan fingerprint density at radius 1 is 1.11 bits per heavy atom. The molecular formula is C12H18O7. The molecule has 1 N–H and O–H groups in total. The number of carbonyl (C=O) groups is 1. The van der Waals surface area contributed by atoms with Crippen LogP contribution >= 0.6 is 0 Å². The average molecular weight is 274 g/mol. The second-order valence-electron chi connectivity index (χ2n) is 5.96. The maximum atomic E-state index is 11.6. The van der Waals surface area contributed by atoms with Gasteiger partial charge in [-0.05, 0) is 27.7 Å². The molecule has 3 aliphatic rings. The molecule has 0 unspecified atom stereocenters. The Bertz CT molecular complexity index is 418. The lowest BCUT2D eigenvalue weighted by Crippen LogP contribution is -2.62. The van der Waals surface area contributed by atoms with E-state index in [9.17, 15) is 9.90 Å². The Morgan fingerprint density at radius 3 is 2.42 bits per heavy atom. The van der Waals surface area contributed by atoms with Gasteiger partial charge in [-0.25, -0.2) is 4.79 Å². The van der Waals surface area contributed by atoms with E-state index in [4.69, 9.17) is 23.7 Å². The fourth-order valence-electron chi connectivity index (χ4n) is 2.91. The van der Waals surface area contributed by atoms with Gasteiger partial charge in [-0.15, -0.1) is 0 Å². The van der Waals surface area contributed by atoms with Crippen LogP contribution in [0.5, 0.6) is 0 Å². The first-order chi connectivity index (χ1) is 8.65. The number of aliphatic carboxylic acids is 1. The topological polar surface area (TPSA) is 83.5 Å². The maximum Gasteiger partial charge on any atom is 0.367 e. The normalized spacial score (nSPS) is 46.6. The van der Waals surface area contributed by atoms with E-state index in [2.05, 4.69) is 0 Å². The zero-order valence-electron chi connectivity index (χ0n) is 11.3. The summed E-state index contributed by atoms with van der Waals surface area (Å²) in [5.41, 5.74) is 0. The fraction of sp³-hybridized carbons (Fsp3) is 0.917. The van der Waals surface area contributed by atoms with E-state index in [0.717, 1.165) is 0 Å². The van der Waals surface area contributed by atoms with Gasteiger partial charge in [0.2, 0.25) is 0 Å². The maximum absolute atomic E-state index is 11.6. The molecular weight excluding hydrogens is 256 g/mol. The van der Waals surface area contributed by atoms with Crippen molar-refractivity contribution in [2.75, 3.05) is 6.61 Å². The Morgan fingerprint density at radius 2 is 1.79 bits per heavy atom. The monoisotopic (exact) mass is 274 g/mol. The second kappa shape index (κ2) is 3.67. The molecule has 7 heteroatoms. The van der Waals surface area contributed by atoms with Crippen molar-refractivity contribution in [3.8, 4) is 0 Å². The minimum Gasteiger partial charge on any atom is -0.477 e. The molecule has 0 spiro atoms. The van der Waals surface area contributed by atoms with Gasteiger partial charge in [0.05, 0.1) is 6.61 Å². The van der Waals surface area contributed by atoms with E-state index in [1.807, 2.05) is 0 Å².